The summed E-state index contributed by atoms with van der Waals surface area (Å²) in [6.45, 7) is 20.9. The molecule has 2 aliphatic rings. The third kappa shape index (κ3) is 8.88. The van der Waals surface area contributed by atoms with Crippen LogP contribution < -0.4 is 31.1 Å². The van der Waals surface area contributed by atoms with Crippen molar-refractivity contribution in [3.05, 3.63) is 278 Å². The Morgan fingerprint density at radius 3 is 1.38 bits per heavy atom. The Hall–Kier alpha value is -9.64. The predicted molar refractivity (Wildman–Crippen MR) is 371 cm³/mol. The van der Waals surface area contributed by atoms with Crippen molar-refractivity contribution in [2.45, 2.75) is 78.6 Å². The molecular weight excluding hydrogens is 1040 g/mol. The highest BCUT2D eigenvalue weighted by Gasteiger charge is 2.45. The number of fused-ring (bicyclic) bond motifs is 4. The quantitative estimate of drug-likeness (QED) is 0.111. The van der Waals surface area contributed by atoms with Crippen LogP contribution in [-0.4, -0.2) is 6.71 Å². The molecule has 0 atom stereocenters. The predicted octanol–water partition coefficient (Wildman–Crippen LogP) is 21.0. The van der Waals surface area contributed by atoms with Crippen LogP contribution in [0.25, 0.3) is 65.7 Å². The molecule has 3 nitrogen and oxygen atoms in total. The SMILES string of the molecule is CC(C)(C)c1ccc(N2c3ccc(-c4ccc(-c5ccccc5)cc4)cc3B3c4cc(C(C)(C)C)ccc4N(c4ccc(C(C)(C)C)cc4-c4ccc5ccc6cccc7ccc4c5c67)c4cc(N(c5ccccc5)c5ccccc5)cc2c43)cc1. The monoisotopic (exact) mass is 1110 g/mol. The van der Waals surface area contributed by atoms with E-state index in [0.29, 0.717) is 0 Å². The molecule has 13 aromatic carbocycles. The van der Waals surface area contributed by atoms with E-state index in [1.165, 1.54) is 110 Å². The van der Waals surface area contributed by atoms with Gasteiger partial charge in [-0.2, -0.15) is 0 Å². The number of hydrogen-bond acceptors (Lipinski definition) is 3. The van der Waals surface area contributed by atoms with Crippen LogP contribution in [0.2, 0.25) is 0 Å². The van der Waals surface area contributed by atoms with Gasteiger partial charge in [-0.05, 0) is 182 Å². The highest BCUT2D eigenvalue weighted by atomic mass is 15.2. The van der Waals surface area contributed by atoms with Gasteiger partial charge in [-0.15, -0.1) is 0 Å². The fourth-order valence-electron chi connectivity index (χ4n) is 13.9. The zero-order chi connectivity index (χ0) is 58.8. The fourth-order valence-corrected chi connectivity index (χ4v) is 13.9. The lowest BCUT2D eigenvalue weighted by atomic mass is 9.33. The van der Waals surface area contributed by atoms with E-state index in [0.717, 1.165) is 39.8 Å². The summed E-state index contributed by atoms with van der Waals surface area (Å²) in [5.74, 6) is 0. The van der Waals surface area contributed by atoms with Gasteiger partial charge >= 0.3 is 0 Å². The van der Waals surface area contributed by atoms with E-state index >= 15 is 0 Å². The van der Waals surface area contributed by atoms with Gasteiger partial charge in [0.1, 0.15) is 0 Å². The molecule has 0 aromatic heterocycles. The second-order valence-electron chi connectivity index (χ2n) is 27.0. The van der Waals surface area contributed by atoms with Gasteiger partial charge in [-0.25, -0.2) is 0 Å². The van der Waals surface area contributed by atoms with Crippen molar-refractivity contribution in [1.82, 2.24) is 0 Å². The van der Waals surface area contributed by atoms with Crippen LogP contribution in [0.15, 0.2) is 261 Å². The number of rotatable bonds is 8. The van der Waals surface area contributed by atoms with Crippen LogP contribution >= 0.6 is 0 Å². The van der Waals surface area contributed by atoms with E-state index < -0.39 is 0 Å². The molecule has 0 aliphatic carbocycles. The largest absolute Gasteiger partial charge is 0.311 e. The first-order chi connectivity index (χ1) is 41.5. The van der Waals surface area contributed by atoms with E-state index in [1.54, 1.807) is 0 Å². The van der Waals surface area contributed by atoms with Crippen LogP contribution in [0.1, 0.15) is 79.0 Å². The van der Waals surface area contributed by atoms with E-state index in [9.17, 15) is 0 Å². The Labute approximate surface area is 507 Å². The summed E-state index contributed by atoms with van der Waals surface area (Å²) in [6, 6.07) is 99.0. The lowest BCUT2D eigenvalue weighted by Gasteiger charge is -2.46. The van der Waals surface area contributed by atoms with Crippen molar-refractivity contribution >= 4 is 107 Å². The molecule has 0 radical (unpaired) electrons. The first kappa shape index (κ1) is 53.1. The van der Waals surface area contributed by atoms with Gasteiger partial charge in [-0.3, -0.25) is 0 Å². The lowest BCUT2D eigenvalue weighted by molar-refractivity contribution is 0.590. The molecule has 0 bridgehead atoms. The topological polar surface area (TPSA) is 9.72 Å². The maximum absolute atomic E-state index is 2.66. The summed E-state index contributed by atoms with van der Waals surface area (Å²) in [4.78, 5) is 7.69. The van der Waals surface area contributed by atoms with Gasteiger partial charge < -0.3 is 14.7 Å². The fraction of sp³-hybridized carbons (Fsp3) is 0.146. The number of anilines is 9. The molecule has 2 aliphatic heterocycles. The van der Waals surface area contributed by atoms with E-state index in [2.05, 4.69) is 338 Å². The molecule has 0 unspecified atom stereocenters. The van der Waals surface area contributed by atoms with Crippen molar-refractivity contribution < 1.29 is 0 Å². The average Bonchev–Trinajstić information content (AvgIpc) is 0.775. The molecule has 86 heavy (non-hydrogen) atoms. The van der Waals surface area contributed by atoms with E-state index in [-0.39, 0.29) is 23.0 Å². The van der Waals surface area contributed by atoms with Gasteiger partial charge in [-0.1, -0.05) is 250 Å². The van der Waals surface area contributed by atoms with Crippen LogP contribution in [0.3, 0.4) is 0 Å². The zero-order valence-corrected chi connectivity index (χ0v) is 50.7. The Morgan fingerprint density at radius 2 is 0.767 bits per heavy atom. The Kier molecular flexibility index (Phi) is 12.4. The smallest absolute Gasteiger partial charge is 0.252 e. The average molecular weight is 1110 g/mol. The van der Waals surface area contributed by atoms with Gasteiger partial charge in [0.2, 0.25) is 0 Å². The highest BCUT2D eigenvalue weighted by Crippen LogP contribution is 2.52. The normalized spacial score (nSPS) is 13.1. The van der Waals surface area contributed by atoms with Gasteiger partial charge in [0.15, 0.2) is 0 Å². The van der Waals surface area contributed by atoms with Gasteiger partial charge in [0.25, 0.3) is 6.71 Å². The van der Waals surface area contributed by atoms with Crippen LogP contribution in [0.5, 0.6) is 0 Å². The summed E-state index contributed by atoms with van der Waals surface area (Å²) in [5, 5.41) is 7.69. The molecule has 0 saturated heterocycles. The minimum absolute atomic E-state index is 0.0245. The van der Waals surface area contributed by atoms with Gasteiger partial charge in [0, 0.05) is 45.4 Å². The summed E-state index contributed by atoms with van der Waals surface area (Å²) in [7, 11) is 0. The molecule has 0 amide bonds. The molecule has 0 saturated carbocycles. The Bertz CT molecular complexity index is 4680. The minimum Gasteiger partial charge on any atom is -0.311 e. The third-order valence-corrected chi connectivity index (χ3v) is 18.4. The van der Waals surface area contributed by atoms with Gasteiger partial charge in [0.05, 0.1) is 11.4 Å². The second kappa shape index (κ2) is 20.0. The molecule has 416 valence electrons. The number of benzene rings is 13. The maximum Gasteiger partial charge on any atom is 0.252 e. The van der Waals surface area contributed by atoms with Crippen molar-refractivity contribution in [2.24, 2.45) is 0 Å². The third-order valence-electron chi connectivity index (χ3n) is 18.4. The van der Waals surface area contributed by atoms with Crippen molar-refractivity contribution in [1.29, 1.82) is 0 Å². The second-order valence-corrected chi connectivity index (χ2v) is 27.0. The van der Waals surface area contributed by atoms with Crippen LogP contribution in [0.4, 0.5) is 51.2 Å². The summed E-state index contributed by atoms with van der Waals surface area (Å²) < 4.78 is 0. The first-order valence-electron chi connectivity index (χ1n) is 30.6. The van der Waals surface area contributed by atoms with Crippen molar-refractivity contribution in [3.8, 4) is 33.4 Å². The van der Waals surface area contributed by atoms with Crippen LogP contribution in [0, 0.1) is 0 Å². The number of hydrogen-bond donors (Lipinski definition) is 0. The van der Waals surface area contributed by atoms with E-state index in [4.69, 9.17) is 0 Å². The van der Waals surface area contributed by atoms with E-state index in [1.807, 2.05) is 0 Å². The highest BCUT2D eigenvalue weighted by molar-refractivity contribution is 7.00. The lowest BCUT2D eigenvalue weighted by Crippen LogP contribution is -2.61. The van der Waals surface area contributed by atoms with Crippen molar-refractivity contribution in [2.75, 3.05) is 14.7 Å². The summed E-state index contributed by atoms with van der Waals surface area (Å²) in [5.41, 5.74) is 24.9. The van der Waals surface area contributed by atoms with Crippen molar-refractivity contribution in [3.63, 3.8) is 0 Å². The summed E-state index contributed by atoms with van der Waals surface area (Å²) >= 11 is 0. The summed E-state index contributed by atoms with van der Waals surface area (Å²) in [6.07, 6.45) is 0. The minimum atomic E-state index is -0.139. The molecule has 15 rings (SSSR count). The Morgan fingerprint density at radius 1 is 0.302 bits per heavy atom. The number of para-hydroxylation sites is 2. The molecule has 2 heterocycles. The molecule has 0 spiro atoms. The molecular formula is C82H70BN3. The first-order valence-corrected chi connectivity index (χ1v) is 30.6. The molecule has 0 fully saturated rings. The number of nitrogens with zero attached hydrogens (tertiary/aromatic N) is 3. The van der Waals surface area contributed by atoms with Crippen LogP contribution in [-0.2, 0) is 16.2 Å². The molecule has 0 N–H and O–H groups in total. The zero-order valence-electron chi connectivity index (χ0n) is 50.7. The standard InChI is InChI=1S/C82H70BN3/c1-80(2,3)60-37-41-65(42-38-60)85-73-45-36-59(55-30-28-54(29-31-55)53-20-13-10-14-21-53)48-70(73)83-71-50-62(82(7,8)9)40-47-74(71)86(76-52-66(51-75(85)79(76)83)84(63-24-15-11-16-25-63)64-26-17-12-18-27-64)72-46-39-61(81(4,5)6)49-69(72)67-43-34-58-33-32-56-22-19-23-57-35-44-68(67)78(58)77(56)57/h10-52H,1-9H3. The molecule has 13 aromatic rings. The maximum atomic E-state index is 2.66. The molecule has 4 heteroatoms. The Balaban J connectivity index is 1.07.